The minimum atomic E-state index is 0.0823. The summed E-state index contributed by atoms with van der Waals surface area (Å²) >= 11 is 3.42. The molecule has 23 heavy (non-hydrogen) atoms. The number of rotatable bonds is 3. The van der Waals surface area contributed by atoms with Gasteiger partial charge in [0.25, 0.3) is 5.91 Å². The van der Waals surface area contributed by atoms with Gasteiger partial charge in [-0.3, -0.25) is 9.78 Å². The van der Waals surface area contributed by atoms with E-state index in [1.807, 2.05) is 35.2 Å². The molecule has 0 saturated carbocycles. The Morgan fingerprint density at radius 3 is 2.39 bits per heavy atom. The Balaban J connectivity index is 1.73. The second kappa shape index (κ2) is 7.59. The molecule has 0 spiro atoms. The summed E-state index contributed by atoms with van der Waals surface area (Å²) < 4.78 is 1.03. The van der Waals surface area contributed by atoms with E-state index in [1.165, 1.54) is 12.8 Å². The highest BCUT2D eigenvalue weighted by molar-refractivity contribution is 9.10. The molecule has 120 valence electrons. The number of carbonyl (C=O) groups is 1. The number of likely N-dealkylation sites (tertiary alicyclic amines) is 1. The van der Waals surface area contributed by atoms with Gasteiger partial charge >= 0.3 is 0 Å². The van der Waals surface area contributed by atoms with Crippen LogP contribution in [0.5, 0.6) is 0 Å². The number of hydrogen-bond acceptors (Lipinski definition) is 3. The highest BCUT2D eigenvalue weighted by Crippen LogP contribution is 2.20. The summed E-state index contributed by atoms with van der Waals surface area (Å²) in [6.07, 6.45) is 8.01. The van der Waals surface area contributed by atoms with Gasteiger partial charge in [-0.2, -0.15) is 0 Å². The van der Waals surface area contributed by atoms with Crippen molar-refractivity contribution in [3.8, 4) is 0 Å². The monoisotopic (exact) mass is 373 g/mol. The van der Waals surface area contributed by atoms with Crippen molar-refractivity contribution in [1.82, 2.24) is 9.88 Å². The van der Waals surface area contributed by atoms with Crippen molar-refractivity contribution >= 4 is 33.2 Å². The van der Waals surface area contributed by atoms with Gasteiger partial charge in [0, 0.05) is 29.4 Å². The molecule has 1 aliphatic heterocycles. The molecule has 2 aromatic rings. The van der Waals surface area contributed by atoms with Gasteiger partial charge < -0.3 is 10.2 Å². The van der Waals surface area contributed by atoms with E-state index in [-0.39, 0.29) is 5.91 Å². The summed E-state index contributed by atoms with van der Waals surface area (Å²) in [7, 11) is 0. The first-order valence-electron chi connectivity index (χ1n) is 7.99. The van der Waals surface area contributed by atoms with Crippen LogP contribution in [0.4, 0.5) is 11.4 Å². The third-order valence-corrected chi connectivity index (χ3v) is 4.54. The topological polar surface area (TPSA) is 45.2 Å². The van der Waals surface area contributed by atoms with Crippen LogP contribution in [-0.2, 0) is 0 Å². The molecule has 1 aromatic carbocycles. The highest BCUT2D eigenvalue weighted by Gasteiger charge is 2.17. The Hall–Kier alpha value is -1.88. The predicted octanol–water partition coefficient (Wildman–Crippen LogP) is 4.60. The number of benzene rings is 1. The van der Waals surface area contributed by atoms with Crippen molar-refractivity contribution in [3.05, 3.63) is 52.8 Å². The maximum absolute atomic E-state index is 12.7. The normalized spacial score (nSPS) is 15.1. The Bertz CT molecular complexity index is 664. The molecule has 1 N–H and O–H groups in total. The molecule has 0 unspecified atom stereocenters. The third-order valence-electron chi connectivity index (χ3n) is 4.01. The van der Waals surface area contributed by atoms with E-state index in [1.54, 1.807) is 12.4 Å². The third kappa shape index (κ3) is 4.32. The van der Waals surface area contributed by atoms with E-state index in [9.17, 15) is 4.79 Å². The van der Waals surface area contributed by atoms with E-state index in [0.717, 1.165) is 41.8 Å². The number of pyridine rings is 1. The van der Waals surface area contributed by atoms with Gasteiger partial charge in [-0.25, -0.2) is 0 Å². The lowest BCUT2D eigenvalue weighted by atomic mass is 10.2. The highest BCUT2D eigenvalue weighted by atomic mass is 79.9. The largest absolute Gasteiger partial charge is 0.354 e. The average molecular weight is 374 g/mol. The van der Waals surface area contributed by atoms with Crippen molar-refractivity contribution in [3.63, 3.8) is 0 Å². The number of anilines is 2. The Labute approximate surface area is 145 Å². The van der Waals surface area contributed by atoms with Crippen molar-refractivity contribution in [1.29, 1.82) is 0 Å². The van der Waals surface area contributed by atoms with Crippen molar-refractivity contribution < 1.29 is 4.79 Å². The van der Waals surface area contributed by atoms with E-state index >= 15 is 0 Å². The summed E-state index contributed by atoms with van der Waals surface area (Å²) in [5.41, 5.74) is 2.44. The zero-order valence-corrected chi connectivity index (χ0v) is 14.6. The molecule has 0 atom stereocenters. The van der Waals surface area contributed by atoms with Gasteiger partial charge in [-0.15, -0.1) is 0 Å². The number of hydrogen-bond donors (Lipinski definition) is 1. The zero-order valence-electron chi connectivity index (χ0n) is 13.0. The molecular formula is C18H20BrN3O. The fourth-order valence-electron chi connectivity index (χ4n) is 2.78. The second-order valence-electron chi connectivity index (χ2n) is 5.80. The lowest BCUT2D eigenvalue weighted by Crippen LogP contribution is -2.31. The molecule has 0 radical (unpaired) electrons. The van der Waals surface area contributed by atoms with Gasteiger partial charge in [0.05, 0.1) is 17.4 Å². The molecule has 1 aromatic heterocycles. The van der Waals surface area contributed by atoms with Crippen LogP contribution in [0.15, 0.2) is 47.2 Å². The number of amides is 1. The number of halogens is 1. The molecule has 2 heterocycles. The lowest BCUT2D eigenvalue weighted by molar-refractivity contribution is 0.0761. The summed E-state index contributed by atoms with van der Waals surface area (Å²) in [5.74, 6) is 0.0823. The molecule has 1 fully saturated rings. The molecule has 1 saturated heterocycles. The van der Waals surface area contributed by atoms with Crippen LogP contribution in [0.2, 0.25) is 0 Å². The number of nitrogens with zero attached hydrogens (tertiary/aromatic N) is 2. The number of aromatic nitrogens is 1. The first-order valence-corrected chi connectivity index (χ1v) is 8.78. The summed E-state index contributed by atoms with van der Waals surface area (Å²) in [6.45, 7) is 1.70. The molecule has 5 heteroatoms. The van der Waals surface area contributed by atoms with Crippen LogP contribution >= 0.6 is 15.9 Å². The first kappa shape index (κ1) is 16.0. The molecule has 1 aliphatic rings. The zero-order chi connectivity index (χ0) is 16.1. The van der Waals surface area contributed by atoms with E-state index in [0.29, 0.717) is 5.56 Å². The van der Waals surface area contributed by atoms with E-state index in [2.05, 4.69) is 26.2 Å². The van der Waals surface area contributed by atoms with Crippen LogP contribution in [0.1, 0.15) is 36.0 Å². The Kier molecular flexibility index (Phi) is 5.28. The van der Waals surface area contributed by atoms with Crippen LogP contribution < -0.4 is 5.32 Å². The van der Waals surface area contributed by atoms with Crippen LogP contribution in [0.3, 0.4) is 0 Å². The van der Waals surface area contributed by atoms with Crippen LogP contribution in [0, 0.1) is 0 Å². The van der Waals surface area contributed by atoms with E-state index in [4.69, 9.17) is 0 Å². The van der Waals surface area contributed by atoms with Crippen LogP contribution in [0.25, 0.3) is 0 Å². The Morgan fingerprint density at radius 2 is 1.70 bits per heavy atom. The van der Waals surface area contributed by atoms with Crippen molar-refractivity contribution in [2.75, 3.05) is 18.4 Å². The average Bonchev–Trinajstić information content (AvgIpc) is 2.86. The second-order valence-corrected chi connectivity index (χ2v) is 6.72. The fraction of sp³-hybridized carbons (Fsp3) is 0.333. The molecule has 0 bridgehead atoms. The summed E-state index contributed by atoms with van der Waals surface area (Å²) in [5, 5.41) is 3.29. The van der Waals surface area contributed by atoms with Gasteiger partial charge in [0.15, 0.2) is 0 Å². The molecular weight excluding hydrogens is 354 g/mol. The molecule has 0 aliphatic carbocycles. The lowest BCUT2D eigenvalue weighted by Gasteiger charge is -2.20. The summed E-state index contributed by atoms with van der Waals surface area (Å²) in [6, 6.07) is 9.78. The van der Waals surface area contributed by atoms with E-state index < -0.39 is 0 Å². The van der Waals surface area contributed by atoms with Gasteiger partial charge in [-0.05, 0) is 43.2 Å². The number of carbonyl (C=O) groups excluding carboxylic acids is 1. The Morgan fingerprint density at radius 1 is 1.00 bits per heavy atom. The van der Waals surface area contributed by atoms with Crippen LogP contribution in [-0.4, -0.2) is 28.9 Å². The molecule has 4 nitrogen and oxygen atoms in total. The molecule has 1 amide bonds. The maximum atomic E-state index is 12.7. The minimum absolute atomic E-state index is 0.0823. The fourth-order valence-corrected chi connectivity index (χ4v) is 3.05. The summed E-state index contributed by atoms with van der Waals surface area (Å²) in [4.78, 5) is 18.8. The quantitative estimate of drug-likeness (QED) is 0.854. The molecule has 3 rings (SSSR count). The van der Waals surface area contributed by atoms with Gasteiger partial charge in [0.2, 0.25) is 0 Å². The van der Waals surface area contributed by atoms with Gasteiger partial charge in [-0.1, -0.05) is 28.8 Å². The smallest absolute Gasteiger partial charge is 0.255 e. The van der Waals surface area contributed by atoms with Gasteiger partial charge in [0.1, 0.15) is 0 Å². The standard InChI is InChI=1S/C18H20BrN3O/c19-15-5-7-16(8-6-15)21-17-11-14(12-20-13-17)18(23)22-9-3-1-2-4-10-22/h5-8,11-13,21H,1-4,9-10H2. The van der Waals surface area contributed by atoms with Crippen molar-refractivity contribution in [2.45, 2.75) is 25.7 Å². The predicted molar refractivity (Wildman–Crippen MR) is 96.0 cm³/mol. The first-order chi connectivity index (χ1) is 11.2. The maximum Gasteiger partial charge on any atom is 0.255 e. The van der Waals surface area contributed by atoms with Crippen molar-refractivity contribution in [2.24, 2.45) is 0 Å². The number of nitrogens with one attached hydrogen (secondary N) is 1. The minimum Gasteiger partial charge on any atom is -0.354 e. The SMILES string of the molecule is O=C(c1cncc(Nc2ccc(Br)cc2)c1)N1CCCCCC1.